The largest absolute Gasteiger partial charge is 0.416 e. The first kappa shape index (κ1) is 19.3. The molecule has 28 heavy (non-hydrogen) atoms. The maximum absolute atomic E-state index is 13.3. The van der Waals surface area contributed by atoms with Gasteiger partial charge in [0.1, 0.15) is 0 Å². The molecule has 2 aliphatic heterocycles. The van der Waals surface area contributed by atoms with Crippen LogP contribution in [0.4, 0.5) is 13.2 Å². The van der Waals surface area contributed by atoms with Gasteiger partial charge in [-0.3, -0.25) is 4.90 Å². The van der Waals surface area contributed by atoms with Crippen molar-refractivity contribution in [1.82, 2.24) is 4.90 Å². The van der Waals surface area contributed by atoms with E-state index in [-0.39, 0.29) is 0 Å². The Kier molecular flexibility index (Phi) is 5.58. The van der Waals surface area contributed by atoms with Gasteiger partial charge in [-0.1, -0.05) is 55.0 Å². The van der Waals surface area contributed by atoms with E-state index in [2.05, 4.69) is 11.0 Å². The van der Waals surface area contributed by atoms with E-state index < -0.39 is 11.7 Å². The number of nitrogens with zero attached hydrogens (tertiary/aromatic N) is 1. The third kappa shape index (κ3) is 4.17. The monoisotopic (exact) mass is 385 g/mol. The van der Waals surface area contributed by atoms with E-state index in [4.69, 9.17) is 0 Å². The van der Waals surface area contributed by atoms with Crippen molar-refractivity contribution < 1.29 is 13.2 Å². The molecule has 0 radical (unpaired) electrons. The maximum Gasteiger partial charge on any atom is 0.416 e. The van der Waals surface area contributed by atoms with Gasteiger partial charge >= 0.3 is 6.18 Å². The van der Waals surface area contributed by atoms with E-state index in [9.17, 15) is 13.2 Å². The summed E-state index contributed by atoms with van der Waals surface area (Å²) in [5, 5.41) is 0. The molecule has 0 N–H and O–H groups in total. The third-order valence-corrected chi connectivity index (χ3v) is 6.11. The van der Waals surface area contributed by atoms with Crippen molar-refractivity contribution >= 4 is 5.57 Å². The van der Waals surface area contributed by atoms with Gasteiger partial charge in [-0.25, -0.2) is 0 Å². The van der Waals surface area contributed by atoms with Crippen molar-refractivity contribution in [2.24, 2.45) is 5.92 Å². The Labute approximate surface area is 164 Å². The van der Waals surface area contributed by atoms with Crippen molar-refractivity contribution in [2.45, 2.75) is 44.3 Å². The van der Waals surface area contributed by atoms with Crippen LogP contribution < -0.4 is 0 Å². The van der Waals surface area contributed by atoms with E-state index in [1.54, 1.807) is 6.07 Å². The summed E-state index contributed by atoms with van der Waals surface area (Å²) in [5.74, 6) is 0.388. The fourth-order valence-corrected chi connectivity index (χ4v) is 4.75. The van der Waals surface area contributed by atoms with Crippen LogP contribution in [0.2, 0.25) is 0 Å². The molecule has 2 aromatic rings. The third-order valence-electron chi connectivity index (χ3n) is 6.11. The molecule has 2 saturated heterocycles. The summed E-state index contributed by atoms with van der Waals surface area (Å²) >= 11 is 0. The van der Waals surface area contributed by atoms with Crippen LogP contribution >= 0.6 is 0 Å². The van der Waals surface area contributed by atoms with Crippen LogP contribution in [0.5, 0.6) is 0 Å². The summed E-state index contributed by atoms with van der Waals surface area (Å²) in [5.41, 5.74) is 1.96. The van der Waals surface area contributed by atoms with Crippen molar-refractivity contribution in [3.05, 3.63) is 77.4 Å². The SMILES string of the molecule is FC(F)(F)c1cccc(/C(=C\[C@@H]2CCCN3CCCC[C@H]23)c2ccccc2)c1. The lowest BCUT2D eigenvalue weighted by Gasteiger charge is -2.43. The second-order valence-electron chi connectivity index (χ2n) is 7.93. The molecule has 0 saturated carbocycles. The van der Waals surface area contributed by atoms with Crippen LogP contribution in [0.1, 0.15) is 48.8 Å². The van der Waals surface area contributed by atoms with Gasteiger partial charge in [-0.05, 0) is 73.5 Å². The Hall–Kier alpha value is -2.07. The van der Waals surface area contributed by atoms with Gasteiger partial charge in [0.2, 0.25) is 0 Å². The van der Waals surface area contributed by atoms with Gasteiger partial charge in [0, 0.05) is 6.04 Å². The van der Waals surface area contributed by atoms with Crippen LogP contribution in [-0.2, 0) is 6.18 Å². The van der Waals surface area contributed by atoms with E-state index in [1.165, 1.54) is 31.4 Å². The van der Waals surface area contributed by atoms with E-state index in [1.807, 2.05) is 30.3 Å². The fraction of sp³-hybridized carbons (Fsp3) is 0.417. The molecule has 148 valence electrons. The topological polar surface area (TPSA) is 3.24 Å². The first-order valence-corrected chi connectivity index (χ1v) is 10.2. The Balaban J connectivity index is 1.75. The normalized spacial score (nSPS) is 24.0. The number of halogens is 3. The van der Waals surface area contributed by atoms with Gasteiger partial charge in [-0.2, -0.15) is 13.2 Å². The number of benzene rings is 2. The van der Waals surface area contributed by atoms with Crippen LogP contribution in [0.15, 0.2) is 60.7 Å². The standard InChI is InChI=1S/C24H26F3N/c25-24(26,27)21-12-6-10-19(16-21)22(18-8-2-1-3-9-18)17-20-11-7-15-28-14-5-4-13-23(20)28/h1-3,6,8-10,12,16-17,20,23H,4-5,7,11,13-15H2/b22-17-/t20-,23+/m0/s1. The van der Waals surface area contributed by atoms with E-state index in [0.717, 1.165) is 43.1 Å². The van der Waals surface area contributed by atoms with Crippen LogP contribution in [0, 0.1) is 5.92 Å². The Morgan fingerprint density at radius 2 is 1.61 bits per heavy atom. The number of fused-ring (bicyclic) bond motifs is 1. The molecule has 2 fully saturated rings. The van der Waals surface area contributed by atoms with Gasteiger partial charge in [0.05, 0.1) is 5.56 Å². The highest BCUT2D eigenvalue weighted by molar-refractivity contribution is 5.80. The summed E-state index contributed by atoms with van der Waals surface area (Å²) in [6, 6.07) is 16.1. The lowest BCUT2D eigenvalue weighted by atomic mass is 9.81. The predicted molar refractivity (Wildman–Crippen MR) is 107 cm³/mol. The molecule has 0 amide bonds. The van der Waals surface area contributed by atoms with Crippen molar-refractivity contribution in [2.75, 3.05) is 13.1 Å². The molecule has 4 rings (SSSR count). The molecule has 0 aliphatic carbocycles. The van der Waals surface area contributed by atoms with Crippen LogP contribution in [0.3, 0.4) is 0 Å². The highest BCUT2D eigenvalue weighted by atomic mass is 19.4. The Morgan fingerprint density at radius 3 is 2.39 bits per heavy atom. The number of rotatable bonds is 3. The molecule has 2 heterocycles. The number of hydrogen-bond donors (Lipinski definition) is 0. The van der Waals surface area contributed by atoms with Gasteiger partial charge in [0.15, 0.2) is 0 Å². The molecular formula is C24H26F3N. The summed E-state index contributed by atoms with van der Waals surface area (Å²) in [6.45, 7) is 2.30. The van der Waals surface area contributed by atoms with Crippen molar-refractivity contribution in [3.63, 3.8) is 0 Å². The summed E-state index contributed by atoms with van der Waals surface area (Å²) in [4.78, 5) is 2.59. The lowest BCUT2D eigenvalue weighted by molar-refractivity contribution is -0.137. The zero-order valence-electron chi connectivity index (χ0n) is 16.0. The van der Waals surface area contributed by atoms with Gasteiger partial charge < -0.3 is 0 Å². The maximum atomic E-state index is 13.3. The predicted octanol–water partition coefficient (Wildman–Crippen LogP) is 6.40. The zero-order valence-corrected chi connectivity index (χ0v) is 16.0. The minimum Gasteiger partial charge on any atom is -0.300 e. The highest BCUT2D eigenvalue weighted by Gasteiger charge is 2.33. The van der Waals surface area contributed by atoms with Gasteiger partial charge in [0.25, 0.3) is 0 Å². The van der Waals surface area contributed by atoms with E-state index in [0.29, 0.717) is 17.5 Å². The smallest absolute Gasteiger partial charge is 0.300 e. The van der Waals surface area contributed by atoms with Crippen molar-refractivity contribution in [3.8, 4) is 0 Å². The highest BCUT2D eigenvalue weighted by Crippen LogP contribution is 2.37. The zero-order chi connectivity index (χ0) is 19.6. The minimum absolute atomic E-state index is 0.388. The number of alkyl halides is 3. The quantitative estimate of drug-likeness (QED) is 0.591. The Bertz CT molecular complexity index is 823. The first-order valence-electron chi connectivity index (χ1n) is 10.2. The molecule has 2 atom stereocenters. The molecule has 4 heteroatoms. The number of hydrogen-bond acceptors (Lipinski definition) is 1. The molecule has 2 aliphatic rings. The minimum atomic E-state index is -4.33. The second-order valence-corrected chi connectivity index (χ2v) is 7.93. The second kappa shape index (κ2) is 8.12. The summed E-state index contributed by atoms with van der Waals surface area (Å²) in [6.07, 6.45) is 3.88. The van der Waals surface area contributed by atoms with Crippen LogP contribution in [-0.4, -0.2) is 24.0 Å². The van der Waals surface area contributed by atoms with E-state index >= 15 is 0 Å². The molecular weight excluding hydrogens is 359 g/mol. The average Bonchev–Trinajstić information content (AvgIpc) is 2.72. The van der Waals surface area contributed by atoms with Crippen molar-refractivity contribution in [1.29, 1.82) is 0 Å². The summed E-state index contributed by atoms with van der Waals surface area (Å²) in [7, 11) is 0. The molecule has 0 unspecified atom stereocenters. The number of piperidine rings is 2. The summed E-state index contributed by atoms with van der Waals surface area (Å²) < 4.78 is 39.9. The first-order chi connectivity index (χ1) is 13.5. The molecule has 0 aromatic heterocycles. The molecule has 0 bridgehead atoms. The Morgan fingerprint density at radius 1 is 0.857 bits per heavy atom. The fourth-order valence-electron chi connectivity index (χ4n) is 4.75. The average molecular weight is 385 g/mol. The molecule has 2 aromatic carbocycles. The molecule has 1 nitrogen and oxygen atoms in total. The lowest BCUT2D eigenvalue weighted by Crippen LogP contribution is -2.47. The molecule has 0 spiro atoms. The van der Waals surface area contributed by atoms with Crippen LogP contribution in [0.25, 0.3) is 5.57 Å². The van der Waals surface area contributed by atoms with Gasteiger partial charge in [-0.15, -0.1) is 0 Å².